The van der Waals surface area contributed by atoms with Crippen LogP contribution in [0, 0.1) is 12.8 Å². The summed E-state index contributed by atoms with van der Waals surface area (Å²) in [7, 11) is -3.83. The molecular weight excluding hydrogens is 344 g/mol. The van der Waals surface area contributed by atoms with Gasteiger partial charge >= 0.3 is 5.97 Å². The van der Waals surface area contributed by atoms with Crippen molar-refractivity contribution in [1.82, 2.24) is 15.0 Å². The van der Waals surface area contributed by atoms with E-state index in [1.54, 1.807) is 0 Å². The molecule has 1 aromatic heterocycles. The maximum absolute atomic E-state index is 12.5. The van der Waals surface area contributed by atoms with Crippen LogP contribution in [0.25, 0.3) is 0 Å². The third-order valence-electron chi connectivity index (χ3n) is 3.30. The van der Waals surface area contributed by atoms with Crippen LogP contribution in [0.15, 0.2) is 4.21 Å². The number of carboxylic acids is 1. The van der Waals surface area contributed by atoms with E-state index in [0.717, 1.165) is 11.3 Å². The highest BCUT2D eigenvalue weighted by Gasteiger charge is 2.31. The molecule has 0 bridgehead atoms. The van der Waals surface area contributed by atoms with E-state index in [-0.39, 0.29) is 27.4 Å². The Hall–Kier alpha value is -1.56. The fourth-order valence-corrected chi connectivity index (χ4v) is 5.05. The number of carbonyl (C=O) groups excluding carboxylic acids is 1. The summed E-state index contributed by atoms with van der Waals surface area (Å²) in [6.07, 6.45) is 0.220. The van der Waals surface area contributed by atoms with Gasteiger partial charge in [0.25, 0.3) is 10.0 Å². The minimum atomic E-state index is -3.83. The van der Waals surface area contributed by atoms with E-state index in [4.69, 9.17) is 5.11 Å². The summed E-state index contributed by atoms with van der Waals surface area (Å²) in [6.45, 7) is 3.53. The molecule has 2 unspecified atom stereocenters. The van der Waals surface area contributed by atoms with Gasteiger partial charge in [-0.15, -0.1) is 0 Å². The van der Waals surface area contributed by atoms with Crippen molar-refractivity contribution in [2.45, 2.75) is 30.5 Å². The Morgan fingerprint density at radius 1 is 1.39 bits per heavy atom. The van der Waals surface area contributed by atoms with Crippen molar-refractivity contribution in [1.29, 1.82) is 0 Å². The standard InChI is InChI=1S/C12H18N4O5S2/c1-6-11(22-12(14-6)15-7(2)17)23(20,21)16-9-3-8(10(18)19)4-13-5-9/h8-9,13,16H,3-5H2,1-2H3,(H,18,19)(H,14,15,17). The summed E-state index contributed by atoms with van der Waals surface area (Å²) in [5.74, 6) is -1.92. The zero-order chi connectivity index (χ0) is 17.2. The van der Waals surface area contributed by atoms with Crippen LogP contribution in [0.3, 0.4) is 0 Å². The molecule has 4 N–H and O–H groups in total. The van der Waals surface area contributed by atoms with Gasteiger partial charge < -0.3 is 15.7 Å². The predicted octanol–water partition coefficient (Wildman–Crippen LogP) is -0.249. The Labute approximate surface area is 137 Å². The molecule has 11 heteroatoms. The summed E-state index contributed by atoms with van der Waals surface area (Å²) in [6, 6.07) is -0.513. The number of carboxylic acid groups (broad SMARTS) is 1. The van der Waals surface area contributed by atoms with Gasteiger partial charge in [-0.25, -0.2) is 18.1 Å². The number of anilines is 1. The van der Waals surface area contributed by atoms with Crippen molar-refractivity contribution in [3.05, 3.63) is 5.69 Å². The molecule has 9 nitrogen and oxygen atoms in total. The van der Waals surface area contributed by atoms with Gasteiger partial charge in [0.15, 0.2) is 9.34 Å². The molecule has 0 saturated carbocycles. The van der Waals surface area contributed by atoms with Gasteiger partial charge in [-0.3, -0.25) is 9.59 Å². The number of rotatable bonds is 5. The number of thiazole rings is 1. The van der Waals surface area contributed by atoms with Crippen LogP contribution < -0.4 is 15.4 Å². The first-order valence-electron chi connectivity index (χ1n) is 6.90. The van der Waals surface area contributed by atoms with Crippen LogP contribution in [0.2, 0.25) is 0 Å². The highest BCUT2D eigenvalue weighted by atomic mass is 32.2. The first kappa shape index (κ1) is 17.8. The van der Waals surface area contributed by atoms with E-state index in [2.05, 4.69) is 20.3 Å². The van der Waals surface area contributed by atoms with Crippen molar-refractivity contribution in [2.75, 3.05) is 18.4 Å². The lowest BCUT2D eigenvalue weighted by Gasteiger charge is -2.27. The Morgan fingerprint density at radius 3 is 2.70 bits per heavy atom. The van der Waals surface area contributed by atoms with Crippen molar-refractivity contribution in [2.24, 2.45) is 5.92 Å². The van der Waals surface area contributed by atoms with Crippen LogP contribution in [0.5, 0.6) is 0 Å². The van der Waals surface area contributed by atoms with E-state index in [1.165, 1.54) is 13.8 Å². The second-order valence-electron chi connectivity index (χ2n) is 5.32. The minimum absolute atomic E-state index is 0.0127. The molecule has 23 heavy (non-hydrogen) atoms. The summed E-state index contributed by atoms with van der Waals surface area (Å²) in [4.78, 5) is 26.1. The second-order valence-corrected chi connectivity index (χ2v) is 8.23. The Kier molecular flexibility index (Phi) is 5.34. The van der Waals surface area contributed by atoms with Crippen LogP contribution in [-0.2, 0) is 19.6 Å². The average Bonchev–Trinajstić information content (AvgIpc) is 2.79. The van der Waals surface area contributed by atoms with Crippen LogP contribution in [0.4, 0.5) is 5.13 Å². The lowest BCUT2D eigenvalue weighted by atomic mass is 9.97. The van der Waals surface area contributed by atoms with E-state index < -0.39 is 28.0 Å². The number of nitrogens with one attached hydrogen (secondary N) is 3. The number of aromatic nitrogens is 1. The number of sulfonamides is 1. The average molecular weight is 362 g/mol. The summed E-state index contributed by atoms with van der Waals surface area (Å²) >= 11 is 0.860. The molecule has 0 aromatic carbocycles. The van der Waals surface area contributed by atoms with Gasteiger partial charge in [0.05, 0.1) is 11.6 Å². The van der Waals surface area contributed by atoms with Crippen LogP contribution in [0.1, 0.15) is 19.0 Å². The van der Waals surface area contributed by atoms with E-state index in [9.17, 15) is 18.0 Å². The molecule has 1 aromatic rings. The number of carbonyl (C=O) groups is 2. The summed E-state index contributed by atoms with van der Waals surface area (Å²) in [5.41, 5.74) is 0.282. The van der Waals surface area contributed by atoms with Crippen LogP contribution >= 0.6 is 11.3 Å². The second kappa shape index (κ2) is 6.91. The quantitative estimate of drug-likeness (QED) is 0.567. The van der Waals surface area contributed by atoms with Gasteiger partial charge in [0.2, 0.25) is 5.91 Å². The van der Waals surface area contributed by atoms with E-state index in [0.29, 0.717) is 13.1 Å². The maximum Gasteiger partial charge on any atom is 0.307 e. The van der Waals surface area contributed by atoms with Gasteiger partial charge in [0.1, 0.15) is 0 Å². The largest absolute Gasteiger partial charge is 0.481 e. The molecule has 0 aliphatic carbocycles. The highest BCUT2D eigenvalue weighted by Crippen LogP contribution is 2.27. The molecule has 1 aliphatic rings. The van der Waals surface area contributed by atoms with Gasteiger partial charge in [-0.2, -0.15) is 0 Å². The monoisotopic (exact) mass is 362 g/mol. The van der Waals surface area contributed by atoms with Crippen molar-refractivity contribution >= 4 is 38.4 Å². The van der Waals surface area contributed by atoms with E-state index >= 15 is 0 Å². The molecule has 0 spiro atoms. The Balaban J connectivity index is 2.14. The number of aryl methyl sites for hydroxylation is 1. The number of amides is 1. The molecule has 2 atom stereocenters. The summed E-state index contributed by atoms with van der Waals surface area (Å²) < 4.78 is 27.5. The molecule has 1 amide bonds. The zero-order valence-corrected chi connectivity index (χ0v) is 14.3. The molecule has 0 radical (unpaired) electrons. The molecule has 2 heterocycles. The van der Waals surface area contributed by atoms with Crippen LogP contribution in [-0.4, -0.2) is 49.5 Å². The number of aliphatic carboxylic acids is 1. The number of nitrogens with zero attached hydrogens (tertiary/aromatic N) is 1. The van der Waals surface area contributed by atoms with Crippen molar-refractivity contribution in [3.8, 4) is 0 Å². The third kappa shape index (κ3) is 4.47. The Bertz CT molecular complexity index is 715. The fourth-order valence-electron chi connectivity index (χ4n) is 2.33. The molecule has 128 valence electrons. The van der Waals surface area contributed by atoms with Gasteiger partial charge in [0, 0.05) is 26.1 Å². The lowest BCUT2D eigenvalue weighted by molar-refractivity contribution is -0.142. The predicted molar refractivity (Wildman–Crippen MR) is 83.9 cm³/mol. The maximum atomic E-state index is 12.5. The first-order chi connectivity index (χ1) is 10.7. The van der Waals surface area contributed by atoms with Crippen molar-refractivity contribution < 1.29 is 23.1 Å². The minimum Gasteiger partial charge on any atom is -0.481 e. The number of hydrogen-bond acceptors (Lipinski definition) is 7. The third-order valence-corrected chi connectivity index (χ3v) is 6.51. The van der Waals surface area contributed by atoms with Gasteiger partial charge in [-0.05, 0) is 13.3 Å². The SMILES string of the molecule is CC(=O)Nc1nc(C)c(S(=O)(=O)NC2CNCC(C(=O)O)C2)s1. The van der Waals surface area contributed by atoms with Crippen molar-refractivity contribution in [3.63, 3.8) is 0 Å². The molecule has 2 rings (SSSR count). The normalized spacial score (nSPS) is 21.8. The zero-order valence-electron chi connectivity index (χ0n) is 12.6. The molecule has 1 fully saturated rings. The number of hydrogen-bond donors (Lipinski definition) is 4. The number of piperidine rings is 1. The topological polar surface area (TPSA) is 137 Å². The highest BCUT2D eigenvalue weighted by molar-refractivity contribution is 7.91. The fraction of sp³-hybridized carbons (Fsp3) is 0.583. The molecule has 1 saturated heterocycles. The molecule has 1 aliphatic heterocycles. The smallest absolute Gasteiger partial charge is 0.307 e. The van der Waals surface area contributed by atoms with E-state index in [1.807, 2.05) is 0 Å². The van der Waals surface area contributed by atoms with Gasteiger partial charge in [-0.1, -0.05) is 11.3 Å². The summed E-state index contributed by atoms with van der Waals surface area (Å²) in [5, 5.41) is 14.6. The molecular formula is C12H18N4O5S2. The lowest BCUT2D eigenvalue weighted by Crippen LogP contribution is -2.50. The Morgan fingerprint density at radius 2 is 2.09 bits per heavy atom. The first-order valence-corrected chi connectivity index (χ1v) is 9.20.